The maximum Gasteiger partial charge on any atom is 0.163 e. The first kappa shape index (κ1) is 13.8. The predicted octanol–water partition coefficient (Wildman–Crippen LogP) is 5.31. The number of halogens is 1. The van der Waals surface area contributed by atoms with Crippen LogP contribution in [0.3, 0.4) is 0 Å². The van der Waals surface area contributed by atoms with Gasteiger partial charge in [-0.15, -0.1) is 0 Å². The van der Waals surface area contributed by atoms with Crippen molar-refractivity contribution in [2.75, 3.05) is 0 Å². The van der Waals surface area contributed by atoms with Crippen LogP contribution in [-0.2, 0) is 0 Å². The molecule has 3 rings (SSSR count). The van der Waals surface area contributed by atoms with Crippen LogP contribution in [0, 0.1) is 0 Å². The van der Waals surface area contributed by atoms with E-state index in [4.69, 9.17) is 0 Å². The van der Waals surface area contributed by atoms with Crippen LogP contribution in [0.5, 0.6) is 0 Å². The molecule has 0 spiro atoms. The lowest BCUT2D eigenvalue weighted by Crippen LogP contribution is -1.94. The number of carbonyl (C=O) groups excluding carboxylic acids is 1. The van der Waals surface area contributed by atoms with E-state index in [0.29, 0.717) is 5.56 Å². The Kier molecular flexibility index (Phi) is 3.76. The molecule has 21 heavy (non-hydrogen) atoms. The smallest absolute Gasteiger partial charge is 0.163 e. The van der Waals surface area contributed by atoms with Crippen LogP contribution in [-0.4, -0.2) is 10.8 Å². The minimum Gasteiger partial charge on any atom is -0.353 e. The van der Waals surface area contributed by atoms with E-state index in [-0.39, 0.29) is 5.78 Å². The van der Waals surface area contributed by atoms with Gasteiger partial charge in [-0.25, -0.2) is 0 Å². The van der Waals surface area contributed by atoms with Gasteiger partial charge in [0.2, 0.25) is 0 Å². The van der Waals surface area contributed by atoms with Crippen LogP contribution in [0.2, 0.25) is 0 Å². The van der Waals surface area contributed by atoms with Crippen LogP contribution in [0.1, 0.15) is 17.3 Å². The molecule has 0 aliphatic rings. The number of Topliss-reactive ketones (excluding diaryl/α,β-unsaturated/α-hetero) is 1. The van der Waals surface area contributed by atoms with Crippen LogP contribution < -0.4 is 0 Å². The van der Waals surface area contributed by atoms with E-state index in [2.05, 4.69) is 20.9 Å². The highest BCUT2D eigenvalue weighted by Crippen LogP contribution is 2.37. The second-order valence-electron chi connectivity index (χ2n) is 4.85. The molecular formula is C18H14BrNO. The number of H-pyrrole nitrogens is 1. The van der Waals surface area contributed by atoms with Gasteiger partial charge >= 0.3 is 0 Å². The SMILES string of the molecule is CC(=O)c1c(-c2ccccc2)[nH]c(-c2ccccc2)c1Br. The van der Waals surface area contributed by atoms with Gasteiger partial charge in [-0.05, 0) is 34.0 Å². The quantitative estimate of drug-likeness (QED) is 0.644. The Bertz CT molecular complexity index is 776. The lowest BCUT2D eigenvalue weighted by Gasteiger charge is -2.01. The van der Waals surface area contributed by atoms with Gasteiger partial charge in [0, 0.05) is 0 Å². The van der Waals surface area contributed by atoms with E-state index in [1.165, 1.54) is 0 Å². The third kappa shape index (κ3) is 2.57. The summed E-state index contributed by atoms with van der Waals surface area (Å²) in [6, 6.07) is 19.9. The molecule has 2 nitrogen and oxygen atoms in total. The van der Waals surface area contributed by atoms with Crippen LogP contribution in [0.4, 0.5) is 0 Å². The molecule has 1 aromatic heterocycles. The van der Waals surface area contributed by atoms with Gasteiger partial charge < -0.3 is 4.98 Å². The molecule has 0 amide bonds. The van der Waals surface area contributed by atoms with Crippen molar-refractivity contribution in [2.24, 2.45) is 0 Å². The van der Waals surface area contributed by atoms with Crippen molar-refractivity contribution in [1.29, 1.82) is 0 Å². The highest BCUT2D eigenvalue weighted by atomic mass is 79.9. The normalized spacial score (nSPS) is 10.6. The first-order chi connectivity index (χ1) is 10.2. The zero-order valence-electron chi connectivity index (χ0n) is 11.6. The summed E-state index contributed by atoms with van der Waals surface area (Å²) in [6.07, 6.45) is 0. The molecule has 0 fully saturated rings. The number of nitrogens with one attached hydrogen (secondary N) is 1. The summed E-state index contributed by atoms with van der Waals surface area (Å²) in [5.74, 6) is 0.0409. The number of rotatable bonds is 3. The Labute approximate surface area is 132 Å². The van der Waals surface area contributed by atoms with Gasteiger partial charge in [-0.2, -0.15) is 0 Å². The Morgan fingerprint density at radius 1 is 0.857 bits per heavy atom. The highest BCUT2D eigenvalue weighted by molar-refractivity contribution is 9.10. The predicted molar refractivity (Wildman–Crippen MR) is 89.4 cm³/mol. The fourth-order valence-electron chi connectivity index (χ4n) is 2.43. The molecule has 3 heteroatoms. The minimum atomic E-state index is 0.0409. The summed E-state index contributed by atoms with van der Waals surface area (Å²) < 4.78 is 0.819. The molecule has 0 atom stereocenters. The molecule has 104 valence electrons. The van der Waals surface area contributed by atoms with Crippen molar-refractivity contribution in [2.45, 2.75) is 6.92 Å². The summed E-state index contributed by atoms with van der Waals surface area (Å²) in [6.45, 7) is 1.59. The standard InChI is InChI=1S/C18H14BrNO/c1-12(21)15-16(19)18(14-10-6-3-7-11-14)20-17(15)13-8-4-2-5-9-13/h2-11,20H,1H3. The molecule has 0 bridgehead atoms. The molecule has 2 aromatic carbocycles. The third-order valence-corrected chi connectivity index (χ3v) is 4.21. The fraction of sp³-hybridized carbons (Fsp3) is 0.0556. The van der Waals surface area contributed by atoms with E-state index >= 15 is 0 Å². The highest BCUT2D eigenvalue weighted by Gasteiger charge is 2.20. The van der Waals surface area contributed by atoms with E-state index in [9.17, 15) is 4.79 Å². The molecule has 0 saturated heterocycles. The molecule has 0 aliphatic carbocycles. The van der Waals surface area contributed by atoms with Crippen LogP contribution >= 0.6 is 15.9 Å². The van der Waals surface area contributed by atoms with Gasteiger partial charge in [-0.1, -0.05) is 60.7 Å². The van der Waals surface area contributed by atoms with E-state index in [1.807, 2.05) is 60.7 Å². The average Bonchev–Trinajstić information content (AvgIpc) is 2.87. The Morgan fingerprint density at radius 2 is 1.33 bits per heavy atom. The zero-order valence-corrected chi connectivity index (χ0v) is 13.1. The van der Waals surface area contributed by atoms with E-state index in [0.717, 1.165) is 27.0 Å². The number of hydrogen-bond donors (Lipinski definition) is 1. The molecule has 0 aliphatic heterocycles. The van der Waals surface area contributed by atoms with Crippen molar-refractivity contribution in [1.82, 2.24) is 4.98 Å². The minimum absolute atomic E-state index is 0.0409. The van der Waals surface area contributed by atoms with Crippen molar-refractivity contribution in [3.63, 3.8) is 0 Å². The maximum absolute atomic E-state index is 12.1. The summed E-state index contributed by atoms with van der Waals surface area (Å²) in [4.78, 5) is 15.5. The van der Waals surface area contributed by atoms with Gasteiger partial charge in [0.05, 0.1) is 21.4 Å². The number of ketones is 1. The summed E-state index contributed by atoms with van der Waals surface area (Å²) in [5.41, 5.74) is 4.54. The molecule has 1 heterocycles. The number of hydrogen-bond acceptors (Lipinski definition) is 1. The molecule has 1 N–H and O–H groups in total. The molecule has 0 radical (unpaired) electrons. The van der Waals surface area contributed by atoms with Gasteiger partial charge in [-0.3, -0.25) is 4.79 Å². The summed E-state index contributed by atoms with van der Waals surface area (Å²) >= 11 is 3.58. The van der Waals surface area contributed by atoms with Crippen molar-refractivity contribution >= 4 is 21.7 Å². The Morgan fingerprint density at radius 3 is 1.81 bits per heavy atom. The second kappa shape index (κ2) is 5.70. The van der Waals surface area contributed by atoms with Crippen molar-refractivity contribution < 1.29 is 4.79 Å². The van der Waals surface area contributed by atoms with Crippen LogP contribution in [0.25, 0.3) is 22.5 Å². The largest absolute Gasteiger partial charge is 0.353 e. The average molecular weight is 340 g/mol. The van der Waals surface area contributed by atoms with Gasteiger partial charge in [0.15, 0.2) is 5.78 Å². The maximum atomic E-state index is 12.1. The molecule has 0 unspecified atom stereocenters. The monoisotopic (exact) mass is 339 g/mol. The van der Waals surface area contributed by atoms with E-state index < -0.39 is 0 Å². The van der Waals surface area contributed by atoms with E-state index in [1.54, 1.807) is 6.92 Å². The summed E-state index contributed by atoms with van der Waals surface area (Å²) in [5, 5.41) is 0. The number of benzene rings is 2. The Hall–Kier alpha value is -2.13. The van der Waals surface area contributed by atoms with Crippen molar-refractivity contribution in [3.8, 4) is 22.5 Å². The zero-order chi connectivity index (χ0) is 14.8. The number of aromatic amines is 1. The lowest BCUT2D eigenvalue weighted by molar-refractivity contribution is 0.101. The summed E-state index contributed by atoms with van der Waals surface area (Å²) in [7, 11) is 0. The second-order valence-corrected chi connectivity index (χ2v) is 5.65. The molecule has 3 aromatic rings. The number of carbonyl (C=O) groups is 1. The fourth-order valence-corrected chi connectivity index (χ4v) is 3.24. The van der Waals surface area contributed by atoms with Gasteiger partial charge in [0.25, 0.3) is 0 Å². The first-order valence-electron chi connectivity index (χ1n) is 6.71. The van der Waals surface area contributed by atoms with Crippen LogP contribution in [0.15, 0.2) is 65.1 Å². The van der Waals surface area contributed by atoms with Gasteiger partial charge in [0.1, 0.15) is 0 Å². The lowest BCUT2D eigenvalue weighted by atomic mass is 10.1. The number of aromatic nitrogens is 1. The Balaban J connectivity index is 2.24. The molecule has 0 saturated carbocycles. The van der Waals surface area contributed by atoms with Crippen molar-refractivity contribution in [3.05, 3.63) is 70.7 Å². The molecular weight excluding hydrogens is 326 g/mol. The topological polar surface area (TPSA) is 32.9 Å². The first-order valence-corrected chi connectivity index (χ1v) is 7.51. The third-order valence-electron chi connectivity index (χ3n) is 3.42.